The molecule has 10 nitrogen and oxygen atoms in total. The molecular weight excluding hydrogens is 432 g/mol. The van der Waals surface area contributed by atoms with E-state index in [1.807, 2.05) is 30.0 Å². The van der Waals surface area contributed by atoms with Crippen LogP contribution in [0.25, 0.3) is 6.08 Å². The van der Waals surface area contributed by atoms with Crippen LogP contribution < -0.4 is 0 Å². The molecule has 1 unspecified atom stereocenters. The predicted octanol–water partition coefficient (Wildman–Crippen LogP) is 2.12. The fourth-order valence-corrected chi connectivity index (χ4v) is 3.98. The van der Waals surface area contributed by atoms with Crippen molar-refractivity contribution in [2.24, 2.45) is 0 Å². The number of carbonyl (C=O) groups is 1. The van der Waals surface area contributed by atoms with Gasteiger partial charge < -0.3 is 9.42 Å². The van der Waals surface area contributed by atoms with Gasteiger partial charge >= 0.3 is 0 Å². The standard InChI is InChI=1S/C21H25ClN8O2/c1-14-11-28(13-20-23-16(3)32-26-20)8-9-29(14)21(31)7-5-17-4-6-19(22)10-18(17)12-30-25-15(2)24-27-30/h4-7,10,14H,8-9,11-13H2,1-3H3/b7-5+. The average molecular weight is 457 g/mol. The summed E-state index contributed by atoms with van der Waals surface area (Å²) >= 11 is 6.18. The molecule has 0 bridgehead atoms. The van der Waals surface area contributed by atoms with Gasteiger partial charge in [-0.2, -0.15) is 9.78 Å². The third-order valence-electron chi connectivity index (χ3n) is 5.30. The molecule has 4 rings (SSSR count). The van der Waals surface area contributed by atoms with Gasteiger partial charge in [0, 0.05) is 43.7 Å². The molecule has 1 aromatic carbocycles. The van der Waals surface area contributed by atoms with Crippen LogP contribution in [-0.4, -0.2) is 71.7 Å². The molecule has 168 valence electrons. The van der Waals surface area contributed by atoms with Crippen LogP contribution in [-0.2, 0) is 17.9 Å². The summed E-state index contributed by atoms with van der Waals surface area (Å²) in [5.41, 5.74) is 1.80. The monoisotopic (exact) mass is 456 g/mol. The number of rotatable bonds is 6. The minimum Gasteiger partial charge on any atom is -0.340 e. The summed E-state index contributed by atoms with van der Waals surface area (Å²) in [6, 6.07) is 5.61. The highest BCUT2D eigenvalue weighted by molar-refractivity contribution is 6.30. The van der Waals surface area contributed by atoms with Crippen LogP contribution in [0.3, 0.4) is 0 Å². The lowest BCUT2D eigenvalue weighted by Crippen LogP contribution is -2.53. The Hall–Kier alpha value is -3.11. The van der Waals surface area contributed by atoms with E-state index >= 15 is 0 Å². The van der Waals surface area contributed by atoms with Gasteiger partial charge in [0.2, 0.25) is 11.8 Å². The molecule has 0 aliphatic carbocycles. The third-order valence-corrected chi connectivity index (χ3v) is 5.54. The summed E-state index contributed by atoms with van der Waals surface area (Å²) in [5, 5.41) is 16.7. The largest absolute Gasteiger partial charge is 0.340 e. The molecule has 32 heavy (non-hydrogen) atoms. The molecule has 0 N–H and O–H groups in total. The van der Waals surface area contributed by atoms with Crippen molar-refractivity contribution in [3.63, 3.8) is 0 Å². The Labute approximate surface area is 190 Å². The van der Waals surface area contributed by atoms with Crippen LogP contribution in [0.2, 0.25) is 5.02 Å². The number of nitrogens with zero attached hydrogens (tertiary/aromatic N) is 8. The van der Waals surface area contributed by atoms with Crippen molar-refractivity contribution in [1.29, 1.82) is 0 Å². The van der Waals surface area contributed by atoms with E-state index in [-0.39, 0.29) is 11.9 Å². The van der Waals surface area contributed by atoms with Gasteiger partial charge in [-0.25, -0.2) is 0 Å². The first-order valence-electron chi connectivity index (χ1n) is 10.4. The first kappa shape index (κ1) is 22.1. The maximum atomic E-state index is 12.9. The lowest BCUT2D eigenvalue weighted by molar-refractivity contribution is -0.130. The zero-order chi connectivity index (χ0) is 22.7. The Kier molecular flexibility index (Phi) is 6.61. The SMILES string of the molecule is Cc1nnn(Cc2cc(Cl)ccc2/C=C/C(=O)N2CCN(Cc3noc(C)n3)CC2C)n1. The van der Waals surface area contributed by atoms with Gasteiger partial charge in [-0.3, -0.25) is 9.69 Å². The number of carbonyl (C=O) groups excluding carboxylic acids is 1. The van der Waals surface area contributed by atoms with Crippen LogP contribution in [0.1, 0.15) is 35.6 Å². The van der Waals surface area contributed by atoms with E-state index in [2.05, 4.69) is 30.5 Å². The number of aryl methyl sites for hydroxylation is 2. The molecule has 1 fully saturated rings. The maximum Gasteiger partial charge on any atom is 0.246 e. The summed E-state index contributed by atoms with van der Waals surface area (Å²) in [5.74, 6) is 1.80. The number of benzene rings is 1. The molecule has 1 aliphatic heterocycles. The fraction of sp³-hybridized carbons (Fsp3) is 0.429. The Morgan fingerprint density at radius 1 is 1.28 bits per heavy atom. The highest BCUT2D eigenvalue weighted by Crippen LogP contribution is 2.19. The quantitative estimate of drug-likeness (QED) is 0.519. The summed E-state index contributed by atoms with van der Waals surface area (Å²) < 4.78 is 5.04. The fourth-order valence-electron chi connectivity index (χ4n) is 3.78. The van der Waals surface area contributed by atoms with Crippen LogP contribution in [0.5, 0.6) is 0 Å². The summed E-state index contributed by atoms with van der Waals surface area (Å²) in [6.07, 6.45) is 3.43. The lowest BCUT2D eigenvalue weighted by atomic mass is 10.1. The Morgan fingerprint density at radius 3 is 2.81 bits per heavy atom. The van der Waals surface area contributed by atoms with Gasteiger partial charge in [0.05, 0.1) is 13.1 Å². The van der Waals surface area contributed by atoms with Crippen molar-refractivity contribution >= 4 is 23.6 Å². The maximum absolute atomic E-state index is 12.9. The Morgan fingerprint density at radius 2 is 2.12 bits per heavy atom. The minimum absolute atomic E-state index is 0.0248. The van der Waals surface area contributed by atoms with Gasteiger partial charge in [-0.05, 0) is 48.4 Å². The number of aromatic nitrogens is 6. The molecule has 1 aliphatic rings. The number of hydrogen-bond acceptors (Lipinski definition) is 8. The number of tetrazole rings is 1. The Bertz CT molecular complexity index is 1120. The van der Waals surface area contributed by atoms with E-state index in [1.54, 1.807) is 26.0 Å². The number of piperazine rings is 1. The second-order valence-corrected chi connectivity index (χ2v) is 8.33. The molecule has 3 heterocycles. The van der Waals surface area contributed by atoms with Crippen molar-refractivity contribution in [2.75, 3.05) is 19.6 Å². The second-order valence-electron chi connectivity index (χ2n) is 7.89. The molecule has 1 amide bonds. The first-order valence-corrected chi connectivity index (χ1v) is 10.8. The molecule has 0 radical (unpaired) electrons. The summed E-state index contributed by atoms with van der Waals surface area (Å²) in [6.45, 7) is 8.77. The predicted molar refractivity (Wildman–Crippen MR) is 118 cm³/mol. The van der Waals surface area contributed by atoms with E-state index in [0.717, 1.165) is 24.2 Å². The molecule has 0 saturated carbocycles. The molecule has 1 atom stereocenters. The highest BCUT2D eigenvalue weighted by Gasteiger charge is 2.27. The Balaban J connectivity index is 1.40. The van der Waals surface area contributed by atoms with Crippen LogP contribution in [0, 0.1) is 13.8 Å². The van der Waals surface area contributed by atoms with E-state index in [0.29, 0.717) is 42.2 Å². The van der Waals surface area contributed by atoms with Crippen LogP contribution in [0.15, 0.2) is 28.8 Å². The van der Waals surface area contributed by atoms with Gasteiger partial charge in [-0.15, -0.1) is 10.2 Å². The van der Waals surface area contributed by atoms with Gasteiger partial charge in [0.15, 0.2) is 11.6 Å². The summed E-state index contributed by atoms with van der Waals surface area (Å²) in [7, 11) is 0. The first-order chi connectivity index (χ1) is 15.4. The number of hydrogen-bond donors (Lipinski definition) is 0. The molecule has 3 aromatic rings. The molecular formula is C21H25ClN8O2. The molecule has 0 spiro atoms. The zero-order valence-electron chi connectivity index (χ0n) is 18.3. The molecule has 2 aromatic heterocycles. The zero-order valence-corrected chi connectivity index (χ0v) is 19.0. The van der Waals surface area contributed by atoms with E-state index in [4.69, 9.17) is 16.1 Å². The van der Waals surface area contributed by atoms with Crippen molar-refractivity contribution < 1.29 is 9.32 Å². The van der Waals surface area contributed by atoms with Crippen molar-refractivity contribution in [2.45, 2.75) is 39.9 Å². The van der Waals surface area contributed by atoms with Crippen molar-refractivity contribution in [3.05, 3.63) is 58.0 Å². The molecule has 1 saturated heterocycles. The van der Waals surface area contributed by atoms with E-state index in [1.165, 1.54) is 4.80 Å². The normalized spacial score (nSPS) is 17.4. The summed E-state index contributed by atoms with van der Waals surface area (Å²) in [4.78, 5) is 22.8. The smallest absolute Gasteiger partial charge is 0.246 e. The molecule has 11 heteroatoms. The average Bonchev–Trinajstić information content (AvgIpc) is 3.34. The van der Waals surface area contributed by atoms with Gasteiger partial charge in [0.1, 0.15) is 0 Å². The topological polar surface area (TPSA) is 106 Å². The van der Waals surface area contributed by atoms with Gasteiger partial charge in [-0.1, -0.05) is 22.8 Å². The van der Waals surface area contributed by atoms with E-state index < -0.39 is 0 Å². The third kappa shape index (κ3) is 5.38. The minimum atomic E-state index is -0.0248. The van der Waals surface area contributed by atoms with E-state index in [9.17, 15) is 4.79 Å². The van der Waals surface area contributed by atoms with Crippen LogP contribution >= 0.6 is 11.6 Å². The van der Waals surface area contributed by atoms with Crippen molar-refractivity contribution in [3.8, 4) is 0 Å². The lowest BCUT2D eigenvalue weighted by Gasteiger charge is -2.39. The second kappa shape index (κ2) is 9.58. The van der Waals surface area contributed by atoms with Crippen LogP contribution in [0.4, 0.5) is 0 Å². The van der Waals surface area contributed by atoms with Crippen molar-refractivity contribution in [1.82, 2.24) is 40.1 Å². The number of amides is 1. The highest BCUT2D eigenvalue weighted by atomic mass is 35.5. The van der Waals surface area contributed by atoms with Gasteiger partial charge in [0.25, 0.3) is 0 Å². The number of halogens is 1.